The number of benzene rings is 1. The zero-order valence-corrected chi connectivity index (χ0v) is 11.3. The van der Waals surface area contributed by atoms with Crippen molar-refractivity contribution in [3.05, 3.63) is 29.8 Å². The summed E-state index contributed by atoms with van der Waals surface area (Å²) >= 11 is 0. The normalized spacial score (nSPS) is 24.2. The Morgan fingerprint density at radius 2 is 2.05 bits per heavy atom. The molecule has 1 aromatic carbocycles. The minimum Gasteiger partial charge on any atom is -0.399 e. The first-order valence-electron chi connectivity index (χ1n) is 6.84. The molecule has 0 aromatic heterocycles. The highest BCUT2D eigenvalue weighted by atomic mass is 16.5. The van der Waals surface area contributed by atoms with Crippen LogP contribution in [0.1, 0.15) is 24.8 Å². The van der Waals surface area contributed by atoms with Crippen molar-refractivity contribution in [2.75, 3.05) is 26.0 Å². The lowest BCUT2D eigenvalue weighted by Gasteiger charge is -2.28. The number of ether oxygens (including phenoxy) is 1. The summed E-state index contributed by atoms with van der Waals surface area (Å²) in [4.78, 5) is 14.6. The molecule has 1 atom stereocenters. The summed E-state index contributed by atoms with van der Waals surface area (Å²) in [7, 11) is 1.90. The summed E-state index contributed by atoms with van der Waals surface area (Å²) in [5.41, 5.74) is 7.25. The monoisotopic (exact) mass is 260 g/mol. The van der Waals surface area contributed by atoms with Gasteiger partial charge < -0.3 is 15.4 Å². The van der Waals surface area contributed by atoms with Gasteiger partial charge in [0.2, 0.25) is 5.91 Å². The number of hydrogen-bond donors (Lipinski definition) is 1. The number of amides is 1. The summed E-state index contributed by atoms with van der Waals surface area (Å²) in [5.74, 6) is 0.229. The number of rotatable bonds is 3. The molecule has 3 rings (SSSR count). The summed E-state index contributed by atoms with van der Waals surface area (Å²) in [6.45, 7) is 1.43. The molecule has 1 amide bonds. The molecule has 0 bridgehead atoms. The molecule has 4 nitrogen and oxygen atoms in total. The van der Waals surface area contributed by atoms with Crippen molar-refractivity contribution in [1.29, 1.82) is 0 Å². The third kappa shape index (κ3) is 2.10. The fourth-order valence-electron chi connectivity index (χ4n) is 2.88. The van der Waals surface area contributed by atoms with Gasteiger partial charge in [0.25, 0.3) is 0 Å². The van der Waals surface area contributed by atoms with Crippen molar-refractivity contribution in [1.82, 2.24) is 4.90 Å². The van der Waals surface area contributed by atoms with E-state index in [4.69, 9.17) is 10.5 Å². The highest BCUT2D eigenvalue weighted by Gasteiger charge is 2.53. The van der Waals surface area contributed by atoms with Crippen molar-refractivity contribution in [2.45, 2.75) is 30.7 Å². The van der Waals surface area contributed by atoms with E-state index in [0.717, 1.165) is 37.1 Å². The van der Waals surface area contributed by atoms with E-state index in [-0.39, 0.29) is 17.4 Å². The average Bonchev–Trinajstić information content (AvgIpc) is 3.05. The van der Waals surface area contributed by atoms with Gasteiger partial charge in [-0.05, 0) is 37.0 Å². The number of nitrogen functional groups attached to an aromatic ring is 1. The van der Waals surface area contributed by atoms with E-state index in [0.29, 0.717) is 6.61 Å². The number of carbonyl (C=O) groups excluding carboxylic acids is 1. The van der Waals surface area contributed by atoms with Crippen LogP contribution in [-0.2, 0) is 14.9 Å². The van der Waals surface area contributed by atoms with Gasteiger partial charge in [0.1, 0.15) is 0 Å². The van der Waals surface area contributed by atoms with Crippen molar-refractivity contribution in [3.8, 4) is 0 Å². The van der Waals surface area contributed by atoms with Gasteiger partial charge in [0, 0.05) is 19.3 Å². The smallest absolute Gasteiger partial charge is 0.233 e. The molecule has 0 radical (unpaired) electrons. The Hall–Kier alpha value is -1.55. The van der Waals surface area contributed by atoms with Crippen LogP contribution in [0, 0.1) is 0 Å². The van der Waals surface area contributed by atoms with Gasteiger partial charge in [-0.25, -0.2) is 0 Å². The van der Waals surface area contributed by atoms with Gasteiger partial charge in [0.05, 0.1) is 18.1 Å². The summed E-state index contributed by atoms with van der Waals surface area (Å²) in [6.07, 6.45) is 2.82. The highest BCUT2D eigenvalue weighted by Crippen LogP contribution is 2.50. The molecule has 19 heavy (non-hydrogen) atoms. The van der Waals surface area contributed by atoms with Gasteiger partial charge in [-0.15, -0.1) is 0 Å². The molecule has 1 saturated heterocycles. The van der Waals surface area contributed by atoms with Gasteiger partial charge in [-0.2, -0.15) is 0 Å². The van der Waals surface area contributed by atoms with Crippen LogP contribution < -0.4 is 5.73 Å². The van der Waals surface area contributed by atoms with Crippen LogP contribution in [0.5, 0.6) is 0 Å². The number of nitrogens with zero attached hydrogens (tertiary/aromatic N) is 1. The molecule has 0 spiro atoms. The molecule has 1 saturated carbocycles. The largest absolute Gasteiger partial charge is 0.399 e. The number of carbonyl (C=O) groups is 1. The number of likely N-dealkylation sites (N-methyl/N-ethyl adjacent to an activating group) is 1. The molecule has 1 aromatic rings. The maximum atomic E-state index is 12.7. The predicted octanol–water partition coefficient (Wildman–Crippen LogP) is 1.55. The predicted molar refractivity (Wildman–Crippen MR) is 73.8 cm³/mol. The molecule has 2 aliphatic rings. The zero-order valence-electron chi connectivity index (χ0n) is 11.3. The second kappa shape index (κ2) is 4.53. The Bertz CT molecular complexity index is 473. The molecule has 2 N–H and O–H groups in total. The molecular weight excluding hydrogens is 240 g/mol. The van der Waals surface area contributed by atoms with E-state index in [9.17, 15) is 4.79 Å². The van der Waals surface area contributed by atoms with Gasteiger partial charge in [-0.3, -0.25) is 4.79 Å². The van der Waals surface area contributed by atoms with E-state index in [1.807, 2.05) is 36.2 Å². The topological polar surface area (TPSA) is 55.6 Å². The lowest BCUT2D eigenvalue weighted by molar-refractivity contribution is -0.134. The zero-order chi connectivity index (χ0) is 13.5. The Labute approximate surface area is 113 Å². The minimum atomic E-state index is -0.301. The highest BCUT2D eigenvalue weighted by molar-refractivity contribution is 5.91. The minimum absolute atomic E-state index is 0.229. The lowest BCUT2D eigenvalue weighted by atomic mass is 9.93. The molecule has 4 heteroatoms. The Kier molecular flexibility index (Phi) is 2.97. The molecular formula is C15H20N2O2. The van der Waals surface area contributed by atoms with Gasteiger partial charge in [-0.1, -0.05) is 12.1 Å². The second-order valence-electron chi connectivity index (χ2n) is 5.64. The lowest BCUT2D eigenvalue weighted by Crippen LogP contribution is -2.43. The van der Waals surface area contributed by atoms with Crippen LogP contribution >= 0.6 is 0 Å². The summed E-state index contributed by atoms with van der Waals surface area (Å²) < 4.78 is 5.37. The molecule has 1 aliphatic heterocycles. The quantitative estimate of drug-likeness (QED) is 0.839. The maximum absolute atomic E-state index is 12.7. The molecule has 1 unspecified atom stereocenters. The van der Waals surface area contributed by atoms with Crippen LogP contribution in [0.2, 0.25) is 0 Å². The van der Waals surface area contributed by atoms with Crippen LogP contribution in [0.4, 0.5) is 5.69 Å². The first kappa shape index (κ1) is 12.5. The maximum Gasteiger partial charge on any atom is 0.233 e. The standard InChI is InChI=1S/C15H20N2O2/c1-17(13-6-9-19-10-13)14(18)15(7-8-15)11-2-4-12(16)5-3-11/h2-5,13H,6-10,16H2,1H3. The first-order chi connectivity index (χ1) is 9.13. The Morgan fingerprint density at radius 1 is 1.37 bits per heavy atom. The van der Waals surface area contributed by atoms with E-state index >= 15 is 0 Å². The third-order valence-electron chi connectivity index (χ3n) is 4.40. The van der Waals surface area contributed by atoms with Crippen molar-refractivity contribution < 1.29 is 9.53 Å². The van der Waals surface area contributed by atoms with Crippen molar-refractivity contribution in [3.63, 3.8) is 0 Å². The van der Waals surface area contributed by atoms with Crippen LogP contribution in [0.15, 0.2) is 24.3 Å². The summed E-state index contributed by atoms with van der Waals surface area (Å²) in [6, 6.07) is 7.96. The number of anilines is 1. The molecule has 2 fully saturated rings. The molecule has 1 aliphatic carbocycles. The number of hydrogen-bond acceptors (Lipinski definition) is 3. The first-order valence-corrected chi connectivity index (χ1v) is 6.84. The third-order valence-corrected chi connectivity index (χ3v) is 4.40. The van der Waals surface area contributed by atoms with E-state index in [1.165, 1.54) is 0 Å². The average molecular weight is 260 g/mol. The van der Waals surface area contributed by atoms with E-state index < -0.39 is 0 Å². The van der Waals surface area contributed by atoms with Crippen molar-refractivity contribution in [2.24, 2.45) is 0 Å². The fraction of sp³-hybridized carbons (Fsp3) is 0.533. The Balaban J connectivity index is 1.80. The van der Waals surface area contributed by atoms with Crippen LogP contribution in [-0.4, -0.2) is 37.1 Å². The van der Waals surface area contributed by atoms with Gasteiger partial charge >= 0.3 is 0 Å². The van der Waals surface area contributed by atoms with Crippen LogP contribution in [0.25, 0.3) is 0 Å². The Morgan fingerprint density at radius 3 is 2.58 bits per heavy atom. The SMILES string of the molecule is CN(C(=O)C1(c2ccc(N)cc2)CC1)C1CCOC1. The van der Waals surface area contributed by atoms with Crippen molar-refractivity contribution >= 4 is 11.6 Å². The van der Waals surface area contributed by atoms with E-state index in [2.05, 4.69) is 0 Å². The number of nitrogens with two attached hydrogens (primary N) is 1. The van der Waals surface area contributed by atoms with Crippen LogP contribution in [0.3, 0.4) is 0 Å². The summed E-state index contributed by atoms with van der Waals surface area (Å²) in [5, 5.41) is 0. The molecule has 102 valence electrons. The fourth-order valence-corrected chi connectivity index (χ4v) is 2.88. The van der Waals surface area contributed by atoms with Gasteiger partial charge in [0.15, 0.2) is 0 Å². The van der Waals surface area contributed by atoms with E-state index in [1.54, 1.807) is 0 Å². The second-order valence-corrected chi connectivity index (χ2v) is 5.64. The molecule has 1 heterocycles.